The summed E-state index contributed by atoms with van der Waals surface area (Å²) >= 11 is 12.2. The molecule has 118 valence electrons. The van der Waals surface area contributed by atoms with Crippen molar-refractivity contribution in [2.45, 2.75) is 44.0 Å². The second-order valence-corrected chi connectivity index (χ2v) is 7.91. The first kappa shape index (κ1) is 17.0. The molecular formula is C14H20Cl2N2O2S. The largest absolute Gasteiger partial charge is 0.314 e. The highest BCUT2D eigenvalue weighted by Crippen LogP contribution is 2.33. The highest BCUT2D eigenvalue weighted by Gasteiger charge is 2.24. The fraction of sp³-hybridized carbons (Fsp3) is 0.571. The Kier molecular flexibility index (Phi) is 5.54. The zero-order valence-electron chi connectivity index (χ0n) is 12.2. The molecule has 0 bridgehead atoms. The molecule has 2 rings (SSSR count). The van der Waals surface area contributed by atoms with Gasteiger partial charge in [0, 0.05) is 17.6 Å². The van der Waals surface area contributed by atoms with Crippen LogP contribution in [0.3, 0.4) is 0 Å². The molecule has 1 atom stereocenters. The van der Waals surface area contributed by atoms with Gasteiger partial charge in [0.1, 0.15) is 4.90 Å². The van der Waals surface area contributed by atoms with Crippen LogP contribution in [0.1, 0.15) is 30.4 Å². The highest BCUT2D eigenvalue weighted by molar-refractivity contribution is 7.89. The number of benzene rings is 1. The lowest BCUT2D eigenvalue weighted by molar-refractivity contribution is 0.539. The molecule has 2 N–H and O–H groups in total. The van der Waals surface area contributed by atoms with Gasteiger partial charge in [-0.05, 0) is 56.8 Å². The third-order valence-corrected chi connectivity index (χ3v) is 6.43. The van der Waals surface area contributed by atoms with Crippen molar-refractivity contribution in [3.63, 3.8) is 0 Å². The fourth-order valence-corrected chi connectivity index (χ4v) is 4.83. The number of sulfonamides is 1. The van der Waals surface area contributed by atoms with Gasteiger partial charge in [0.25, 0.3) is 0 Å². The maximum absolute atomic E-state index is 12.5. The number of nitrogens with one attached hydrogen (secondary N) is 2. The summed E-state index contributed by atoms with van der Waals surface area (Å²) in [6.07, 6.45) is 3.02. The normalized spacial score (nSPS) is 19.1. The second kappa shape index (κ2) is 6.84. The lowest BCUT2D eigenvalue weighted by Gasteiger charge is -2.15. The van der Waals surface area contributed by atoms with Crippen LogP contribution in [0.4, 0.5) is 0 Å². The van der Waals surface area contributed by atoms with Crippen molar-refractivity contribution in [2.75, 3.05) is 13.1 Å². The monoisotopic (exact) mass is 350 g/mol. The third-order valence-electron chi connectivity index (χ3n) is 3.80. The number of hydrogen-bond donors (Lipinski definition) is 2. The van der Waals surface area contributed by atoms with Crippen LogP contribution in [0.15, 0.2) is 11.0 Å². The van der Waals surface area contributed by atoms with Crippen LogP contribution in [-0.4, -0.2) is 27.5 Å². The molecule has 0 saturated carbocycles. The molecule has 21 heavy (non-hydrogen) atoms. The molecule has 1 saturated heterocycles. The molecule has 0 unspecified atom stereocenters. The molecule has 1 fully saturated rings. The van der Waals surface area contributed by atoms with Crippen molar-refractivity contribution in [2.24, 2.45) is 0 Å². The zero-order valence-corrected chi connectivity index (χ0v) is 14.5. The zero-order chi connectivity index (χ0) is 15.6. The summed E-state index contributed by atoms with van der Waals surface area (Å²) in [5.41, 5.74) is 1.14. The van der Waals surface area contributed by atoms with Gasteiger partial charge in [-0.2, -0.15) is 0 Å². The lowest BCUT2D eigenvalue weighted by atomic mass is 10.2. The quantitative estimate of drug-likeness (QED) is 0.857. The molecular weight excluding hydrogens is 331 g/mol. The van der Waals surface area contributed by atoms with E-state index in [2.05, 4.69) is 10.0 Å². The minimum Gasteiger partial charge on any atom is -0.314 e. The van der Waals surface area contributed by atoms with Crippen LogP contribution in [0.25, 0.3) is 0 Å². The van der Waals surface area contributed by atoms with E-state index in [1.807, 2.05) is 0 Å². The molecule has 1 heterocycles. The summed E-state index contributed by atoms with van der Waals surface area (Å²) in [5.74, 6) is 0. The van der Waals surface area contributed by atoms with Crippen LogP contribution < -0.4 is 10.0 Å². The maximum Gasteiger partial charge on any atom is 0.242 e. The molecule has 0 aromatic heterocycles. The van der Waals surface area contributed by atoms with E-state index in [0.717, 1.165) is 25.8 Å². The van der Waals surface area contributed by atoms with Crippen LogP contribution in [0, 0.1) is 13.8 Å². The Morgan fingerprint density at radius 2 is 2.10 bits per heavy atom. The van der Waals surface area contributed by atoms with Gasteiger partial charge in [0.15, 0.2) is 0 Å². The third kappa shape index (κ3) is 3.90. The average Bonchev–Trinajstić information content (AvgIpc) is 2.89. The van der Waals surface area contributed by atoms with Gasteiger partial charge in [-0.3, -0.25) is 0 Å². The number of rotatable bonds is 5. The van der Waals surface area contributed by atoms with E-state index in [1.165, 1.54) is 0 Å². The van der Waals surface area contributed by atoms with E-state index in [9.17, 15) is 8.42 Å². The SMILES string of the molecule is Cc1cc(Cl)c(C)c(S(=O)(=O)NCC[C@H]2CCCN2)c1Cl. The van der Waals surface area contributed by atoms with Crippen molar-refractivity contribution in [3.05, 3.63) is 27.2 Å². The Labute approximate surface area is 136 Å². The van der Waals surface area contributed by atoms with Crippen molar-refractivity contribution >= 4 is 33.2 Å². The van der Waals surface area contributed by atoms with Crippen LogP contribution in [0.2, 0.25) is 10.0 Å². The van der Waals surface area contributed by atoms with Crippen LogP contribution in [-0.2, 0) is 10.0 Å². The highest BCUT2D eigenvalue weighted by atomic mass is 35.5. The molecule has 1 aromatic rings. The molecule has 4 nitrogen and oxygen atoms in total. The Hall–Kier alpha value is -0.330. The number of aryl methyl sites for hydroxylation is 1. The summed E-state index contributed by atoms with van der Waals surface area (Å²) in [5, 5.41) is 3.99. The standard InChI is InChI=1S/C14H20Cl2N2O2S/c1-9-8-12(15)10(2)14(13(9)16)21(19,20)18-7-5-11-4-3-6-17-11/h8,11,17-18H,3-7H2,1-2H3/t11-/m1/s1. The van der Waals surface area contributed by atoms with Crippen molar-refractivity contribution < 1.29 is 8.42 Å². The average molecular weight is 351 g/mol. The Bertz CT molecular complexity index is 600. The topological polar surface area (TPSA) is 58.2 Å². The van der Waals surface area contributed by atoms with Gasteiger partial charge >= 0.3 is 0 Å². The van der Waals surface area contributed by atoms with E-state index in [0.29, 0.717) is 28.7 Å². The second-order valence-electron chi connectivity index (χ2n) is 5.42. The minimum atomic E-state index is -3.65. The summed E-state index contributed by atoms with van der Waals surface area (Å²) in [6.45, 7) is 4.81. The molecule has 1 aliphatic rings. The van der Waals surface area contributed by atoms with E-state index in [-0.39, 0.29) is 9.92 Å². The predicted molar refractivity (Wildman–Crippen MR) is 86.8 cm³/mol. The molecule has 0 spiro atoms. The Morgan fingerprint density at radius 3 is 2.71 bits per heavy atom. The van der Waals surface area contributed by atoms with E-state index >= 15 is 0 Å². The Balaban J connectivity index is 2.15. The predicted octanol–water partition coefficient (Wildman–Crippen LogP) is 3.03. The van der Waals surface area contributed by atoms with Gasteiger partial charge in [0.2, 0.25) is 10.0 Å². The first-order chi connectivity index (χ1) is 9.83. The van der Waals surface area contributed by atoms with Gasteiger partial charge in [-0.1, -0.05) is 23.2 Å². The van der Waals surface area contributed by atoms with Crippen molar-refractivity contribution in [1.82, 2.24) is 10.0 Å². The fourth-order valence-electron chi connectivity index (χ4n) is 2.58. The molecule has 7 heteroatoms. The summed E-state index contributed by atoms with van der Waals surface area (Å²) in [4.78, 5) is 0.0912. The number of hydrogen-bond acceptors (Lipinski definition) is 3. The van der Waals surface area contributed by atoms with E-state index in [1.54, 1.807) is 19.9 Å². The minimum absolute atomic E-state index is 0.0912. The van der Waals surface area contributed by atoms with Gasteiger partial charge < -0.3 is 5.32 Å². The van der Waals surface area contributed by atoms with Gasteiger partial charge in [-0.25, -0.2) is 13.1 Å². The molecule has 0 radical (unpaired) electrons. The summed E-state index contributed by atoms with van der Waals surface area (Å²) in [7, 11) is -3.65. The Morgan fingerprint density at radius 1 is 1.38 bits per heavy atom. The van der Waals surface area contributed by atoms with Gasteiger partial charge in [-0.15, -0.1) is 0 Å². The van der Waals surface area contributed by atoms with Crippen LogP contribution in [0.5, 0.6) is 0 Å². The van der Waals surface area contributed by atoms with Gasteiger partial charge in [0.05, 0.1) is 5.02 Å². The molecule has 1 aliphatic heterocycles. The lowest BCUT2D eigenvalue weighted by Crippen LogP contribution is -2.31. The smallest absolute Gasteiger partial charge is 0.242 e. The number of halogens is 2. The maximum atomic E-state index is 12.5. The summed E-state index contributed by atoms with van der Waals surface area (Å²) in [6, 6.07) is 2.08. The first-order valence-electron chi connectivity index (χ1n) is 7.01. The molecule has 1 aromatic carbocycles. The van der Waals surface area contributed by atoms with Crippen molar-refractivity contribution in [1.29, 1.82) is 0 Å². The van der Waals surface area contributed by atoms with Crippen molar-refractivity contribution in [3.8, 4) is 0 Å². The van der Waals surface area contributed by atoms with Crippen LogP contribution >= 0.6 is 23.2 Å². The molecule has 0 amide bonds. The van der Waals surface area contributed by atoms with E-state index < -0.39 is 10.0 Å². The first-order valence-corrected chi connectivity index (χ1v) is 9.25. The summed E-state index contributed by atoms with van der Waals surface area (Å²) < 4.78 is 27.6. The molecule has 0 aliphatic carbocycles. The van der Waals surface area contributed by atoms with E-state index in [4.69, 9.17) is 23.2 Å².